The Labute approximate surface area is 235 Å². The van der Waals surface area contributed by atoms with Crippen LogP contribution in [0.1, 0.15) is 37.8 Å². The van der Waals surface area contributed by atoms with Crippen molar-refractivity contribution in [2.75, 3.05) is 33.1 Å². The molecular formula is C30H39N3O7. The van der Waals surface area contributed by atoms with Gasteiger partial charge >= 0.3 is 12.2 Å². The summed E-state index contributed by atoms with van der Waals surface area (Å²) in [6.45, 7) is 4.73. The first-order valence-electron chi connectivity index (χ1n) is 13.4. The minimum atomic E-state index is -1.15. The molecule has 1 fully saturated rings. The van der Waals surface area contributed by atoms with Crippen LogP contribution in [0.4, 0.5) is 9.59 Å². The van der Waals surface area contributed by atoms with Gasteiger partial charge in [0.25, 0.3) is 0 Å². The number of carbonyl (C=O) groups excluding carboxylic acids is 2. The summed E-state index contributed by atoms with van der Waals surface area (Å²) in [7, 11) is 0. The Morgan fingerprint density at radius 1 is 1.10 bits per heavy atom. The van der Waals surface area contributed by atoms with Gasteiger partial charge in [-0.05, 0) is 29.4 Å². The number of nitrogens with one attached hydrogen (secondary N) is 1. The van der Waals surface area contributed by atoms with Gasteiger partial charge in [-0.2, -0.15) is 5.26 Å². The quantitative estimate of drug-likeness (QED) is 0.380. The van der Waals surface area contributed by atoms with Crippen LogP contribution in [0, 0.1) is 16.7 Å². The number of rotatable bonds is 13. The van der Waals surface area contributed by atoms with Crippen molar-refractivity contribution in [1.29, 1.82) is 5.26 Å². The molecule has 40 heavy (non-hydrogen) atoms. The van der Waals surface area contributed by atoms with Crippen LogP contribution in [0.5, 0.6) is 0 Å². The fraction of sp³-hybridized carbons (Fsp3) is 0.500. The van der Waals surface area contributed by atoms with Crippen LogP contribution in [0.15, 0.2) is 60.7 Å². The second-order valence-electron chi connectivity index (χ2n) is 10.6. The van der Waals surface area contributed by atoms with E-state index in [9.17, 15) is 14.7 Å². The third-order valence-corrected chi connectivity index (χ3v) is 6.52. The molecule has 1 aliphatic heterocycles. The Hall–Kier alpha value is -3.65. The highest BCUT2D eigenvalue weighted by atomic mass is 16.7. The third-order valence-electron chi connectivity index (χ3n) is 6.52. The highest BCUT2D eigenvalue weighted by molar-refractivity contribution is 5.69. The Balaban J connectivity index is 1.74. The molecule has 2 N–H and O–H groups in total. The fourth-order valence-corrected chi connectivity index (χ4v) is 4.38. The number of nitriles is 1. The van der Waals surface area contributed by atoms with E-state index in [0.29, 0.717) is 19.3 Å². The summed E-state index contributed by atoms with van der Waals surface area (Å²) in [4.78, 5) is 27.5. The van der Waals surface area contributed by atoms with E-state index in [1.54, 1.807) is 0 Å². The zero-order chi connectivity index (χ0) is 28.8. The highest BCUT2D eigenvalue weighted by Crippen LogP contribution is 2.25. The molecule has 0 radical (unpaired) electrons. The largest absolute Gasteiger partial charge is 0.445 e. The number of nitrogens with zero attached hydrogens (tertiary/aromatic N) is 2. The van der Waals surface area contributed by atoms with Gasteiger partial charge in [-0.3, -0.25) is 0 Å². The Morgan fingerprint density at radius 3 is 2.35 bits per heavy atom. The molecule has 0 saturated carbocycles. The normalized spacial score (nSPS) is 15.3. The van der Waals surface area contributed by atoms with Crippen molar-refractivity contribution in [3.63, 3.8) is 0 Å². The molecule has 0 spiro atoms. The average molecular weight is 554 g/mol. The number of alkyl carbamates (subject to hydrolysis) is 1. The summed E-state index contributed by atoms with van der Waals surface area (Å²) in [5, 5.41) is 23.2. The number of hydrogen-bond donors (Lipinski definition) is 2. The smallest absolute Gasteiger partial charge is 0.410 e. The summed E-state index contributed by atoms with van der Waals surface area (Å²) in [6, 6.07) is 20.1. The van der Waals surface area contributed by atoms with Gasteiger partial charge in [0.15, 0.2) is 6.10 Å². The van der Waals surface area contributed by atoms with E-state index in [2.05, 4.69) is 11.4 Å². The molecule has 3 rings (SSSR count). The summed E-state index contributed by atoms with van der Waals surface area (Å²) in [6.07, 6.45) is -1.82. The molecule has 0 aliphatic carbocycles. The number of aliphatic hydroxyl groups is 1. The predicted octanol–water partition coefficient (Wildman–Crippen LogP) is 4.03. The van der Waals surface area contributed by atoms with E-state index >= 15 is 0 Å². The zero-order valence-corrected chi connectivity index (χ0v) is 23.2. The Bertz CT molecular complexity index is 1090. The molecule has 2 atom stereocenters. The van der Waals surface area contributed by atoms with Crippen molar-refractivity contribution < 1.29 is 33.6 Å². The maximum atomic E-state index is 13.3. The zero-order valence-electron chi connectivity index (χ0n) is 23.2. The van der Waals surface area contributed by atoms with Crippen LogP contribution in [-0.4, -0.2) is 73.5 Å². The maximum Gasteiger partial charge on any atom is 0.410 e. The highest BCUT2D eigenvalue weighted by Gasteiger charge is 2.32. The number of aliphatic hydroxyl groups excluding tert-OH is 1. The maximum absolute atomic E-state index is 13.3. The molecule has 1 aliphatic rings. The molecule has 1 heterocycles. The molecule has 2 amide bonds. The van der Waals surface area contributed by atoms with E-state index in [4.69, 9.17) is 24.2 Å². The van der Waals surface area contributed by atoms with E-state index in [-0.39, 0.29) is 39.7 Å². The molecule has 2 aromatic rings. The molecule has 10 nitrogen and oxygen atoms in total. The van der Waals surface area contributed by atoms with Crippen molar-refractivity contribution in [1.82, 2.24) is 10.2 Å². The van der Waals surface area contributed by atoms with Crippen LogP contribution in [-0.2, 0) is 32.0 Å². The molecule has 2 aromatic carbocycles. The van der Waals surface area contributed by atoms with E-state index in [0.717, 1.165) is 11.1 Å². The standard InChI is InChI=1S/C30H39N3O7/c1-30(2,14-9-15-31)21-33(29(36)39-18-24-12-7-4-8-13-24)17-27(34)26(16-23-10-5-3-6-11-23)32-28(35)40-25-19-37-22-38-20-25/h3-8,10-13,25-27,34H,9,14,16-22H2,1-2H3,(H,32,35)/t26-,27+/m0/s1. The van der Waals surface area contributed by atoms with Gasteiger partial charge in [-0.15, -0.1) is 0 Å². The van der Waals surface area contributed by atoms with E-state index in [1.165, 1.54) is 4.90 Å². The summed E-state index contributed by atoms with van der Waals surface area (Å²) in [5.74, 6) is 0. The molecule has 1 saturated heterocycles. The first-order valence-corrected chi connectivity index (χ1v) is 13.4. The van der Waals surface area contributed by atoms with E-state index < -0.39 is 35.9 Å². The van der Waals surface area contributed by atoms with Crippen molar-refractivity contribution in [3.05, 3.63) is 71.8 Å². The average Bonchev–Trinajstić information content (AvgIpc) is 2.95. The van der Waals surface area contributed by atoms with Gasteiger partial charge in [0.1, 0.15) is 13.4 Å². The molecule has 0 unspecified atom stereocenters. The minimum Gasteiger partial charge on any atom is -0.445 e. The SMILES string of the molecule is CC(C)(CCC#N)CN(C[C@@H](O)[C@H](Cc1ccccc1)NC(=O)OC1COCOC1)C(=O)OCc1ccccc1. The van der Waals surface area contributed by atoms with Gasteiger partial charge < -0.3 is 34.3 Å². The molecular weight excluding hydrogens is 514 g/mol. The molecule has 0 aromatic heterocycles. The van der Waals surface area contributed by atoms with Crippen LogP contribution in [0.2, 0.25) is 0 Å². The minimum absolute atomic E-state index is 0.0778. The summed E-state index contributed by atoms with van der Waals surface area (Å²) < 4.78 is 21.4. The summed E-state index contributed by atoms with van der Waals surface area (Å²) >= 11 is 0. The lowest BCUT2D eigenvalue weighted by atomic mass is 9.87. The molecule has 216 valence electrons. The monoisotopic (exact) mass is 553 g/mol. The fourth-order valence-electron chi connectivity index (χ4n) is 4.38. The van der Waals surface area contributed by atoms with Crippen molar-refractivity contribution in [3.8, 4) is 6.07 Å². The lowest BCUT2D eigenvalue weighted by molar-refractivity contribution is -0.151. The van der Waals surface area contributed by atoms with Crippen LogP contribution >= 0.6 is 0 Å². The van der Waals surface area contributed by atoms with E-state index in [1.807, 2.05) is 74.5 Å². The van der Waals surface area contributed by atoms with Crippen molar-refractivity contribution >= 4 is 12.2 Å². The Morgan fingerprint density at radius 2 is 1.73 bits per heavy atom. The summed E-state index contributed by atoms with van der Waals surface area (Å²) in [5.41, 5.74) is 1.31. The second kappa shape index (κ2) is 15.8. The lowest BCUT2D eigenvalue weighted by Gasteiger charge is -2.35. The molecule has 0 bridgehead atoms. The number of ether oxygens (including phenoxy) is 4. The van der Waals surface area contributed by atoms with Crippen LogP contribution < -0.4 is 5.32 Å². The van der Waals surface area contributed by atoms with Crippen LogP contribution in [0.3, 0.4) is 0 Å². The molecule has 10 heteroatoms. The number of carbonyl (C=O) groups is 2. The second-order valence-corrected chi connectivity index (χ2v) is 10.6. The van der Waals surface area contributed by atoms with Gasteiger partial charge in [0.05, 0.1) is 38.0 Å². The van der Waals surface area contributed by atoms with Gasteiger partial charge in [-0.25, -0.2) is 9.59 Å². The van der Waals surface area contributed by atoms with Gasteiger partial charge in [0.2, 0.25) is 0 Å². The predicted molar refractivity (Wildman–Crippen MR) is 147 cm³/mol. The number of benzene rings is 2. The van der Waals surface area contributed by atoms with Gasteiger partial charge in [0, 0.05) is 13.0 Å². The Kier molecular flexibility index (Phi) is 12.2. The van der Waals surface area contributed by atoms with Crippen molar-refractivity contribution in [2.45, 2.75) is 58.0 Å². The number of hydrogen-bond acceptors (Lipinski definition) is 8. The topological polar surface area (TPSA) is 130 Å². The van der Waals surface area contributed by atoms with Gasteiger partial charge in [-0.1, -0.05) is 74.5 Å². The third kappa shape index (κ3) is 10.8. The lowest BCUT2D eigenvalue weighted by Crippen LogP contribution is -2.52. The van der Waals surface area contributed by atoms with Crippen LogP contribution in [0.25, 0.3) is 0 Å². The van der Waals surface area contributed by atoms with Crippen molar-refractivity contribution in [2.24, 2.45) is 5.41 Å². The first-order chi connectivity index (χ1) is 19.3. The number of amides is 2. The first kappa shape index (κ1) is 30.9.